The molecule has 0 unspecified atom stereocenters. The zero-order valence-corrected chi connectivity index (χ0v) is 27.0. The second-order valence-corrected chi connectivity index (χ2v) is 16.6. The van der Waals surface area contributed by atoms with Crippen molar-refractivity contribution >= 4 is 5.97 Å². The summed E-state index contributed by atoms with van der Waals surface area (Å²) in [5.74, 6) is 0.169. The van der Waals surface area contributed by atoms with Crippen molar-refractivity contribution < 1.29 is 30.0 Å². The highest BCUT2D eigenvalue weighted by molar-refractivity contribution is 5.87. The van der Waals surface area contributed by atoms with E-state index in [-0.39, 0.29) is 40.3 Å². The van der Waals surface area contributed by atoms with Crippen molar-refractivity contribution in [2.24, 2.45) is 50.2 Å². The number of hydrogen-bond acceptors (Lipinski definition) is 6. The molecule has 0 heterocycles. The van der Waals surface area contributed by atoms with E-state index in [0.29, 0.717) is 30.3 Å². The molecule has 232 valence electrons. The van der Waals surface area contributed by atoms with E-state index in [1.54, 1.807) is 19.9 Å². The van der Waals surface area contributed by atoms with E-state index in [1.807, 2.05) is 13.8 Å². The molecular weight excluding hydrogens is 516 g/mol. The van der Waals surface area contributed by atoms with E-state index in [1.165, 1.54) is 5.57 Å². The van der Waals surface area contributed by atoms with Gasteiger partial charge < -0.3 is 25.2 Å². The number of hydrogen-bond donors (Lipinski definition) is 4. The van der Waals surface area contributed by atoms with Crippen LogP contribution in [-0.4, -0.2) is 57.4 Å². The van der Waals surface area contributed by atoms with Gasteiger partial charge in [0.05, 0.1) is 30.3 Å². The van der Waals surface area contributed by atoms with Crippen molar-refractivity contribution in [3.05, 3.63) is 23.3 Å². The maximum absolute atomic E-state index is 13.3. The van der Waals surface area contributed by atoms with Gasteiger partial charge in [-0.15, -0.1) is 0 Å². The van der Waals surface area contributed by atoms with Crippen molar-refractivity contribution in [1.29, 1.82) is 0 Å². The number of esters is 1. The maximum Gasteiger partial charge on any atom is 0.333 e. The summed E-state index contributed by atoms with van der Waals surface area (Å²) in [6.45, 7) is 18.9. The minimum absolute atomic E-state index is 0.0710. The third-order valence-corrected chi connectivity index (χ3v) is 14.4. The lowest BCUT2D eigenvalue weighted by atomic mass is 9.33. The van der Waals surface area contributed by atoms with E-state index in [4.69, 9.17) is 4.74 Å². The summed E-state index contributed by atoms with van der Waals surface area (Å²) >= 11 is 0. The van der Waals surface area contributed by atoms with E-state index >= 15 is 0 Å². The van der Waals surface area contributed by atoms with Gasteiger partial charge in [-0.05, 0) is 104 Å². The standard InChI is InChI=1S/C35H56O6/c1-10-20(2)29(40)41-26-18-34(9)21(22-17-30(3,4)27(38)28(39)35(22,26)19-36)11-12-24-32(7)15-14-25(37)31(5,6)23(32)13-16-33(24,34)8/h10-11,22-28,36-39H,12-19H2,1-9H3/b20-10-/t22-,23-,24+,25-,26+,27-,28-,32-,33+,34+,35-/m0/s1. The monoisotopic (exact) mass is 572 g/mol. The summed E-state index contributed by atoms with van der Waals surface area (Å²) in [5, 5.41) is 45.3. The molecule has 4 N–H and O–H groups in total. The lowest BCUT2D eigenvalue weighted by Gasteiger charge is -2.72. The quantitative estimate of drug-likeness (QED) is 0.200. The normalized spacial score (nSPS) is 50.4. The Bertz CT molecular complexity index is 1140. The second kappa shape index (κ2) is 9.64. The summed E-state index contributed by atoms with van der Waals surface area (Å²) in [6, 6.07) is 0. The molecule has 5 aliphatic rings. The Morgan fingerprint density at radius 2 is 1.63 bits per heavy atom. The van der Waals surface area contributed by atoms with Crippen LogP contribution < -0.4 is 0 Å². The number of allylic oxidation sites excluding steroid dienone is 3. The molecule has 0 aromatic carbocycles. The SMILES string of the molecule is C/C=C(/C)C(=O)O[C@@H]1C[C@]2(C)C(=CC[C@@H]3[C@@]4(C)CC[C@H](O)C(C)(C)[C@@H]4CC[C@]32C)[C@@H]2CC(C)(C)[C@@H](O)[C@H](O)[C@]12CO. The van der Waals surface area contributed by atoms with Crippen LogP contribution in [-0.2, 0) is 9.53 Å². The van der Waals surface area contributed by atoms with Crippen LogP contribution in [0.25, 0.3) is 0 Å². The second-order valence-electron chi connectivity index (χ2n) is 16.6. The molecular formula is C35H56O6. The zero-order chi connectivity index (χ0) is 30.6. The number of aliphatic hydroxyl groups is 4. The van der Waals surface area contributed by atoms with Crippen LogP contribution >= 0.6 is 0 Å². The van der Waals surface area contributed by atoms with Gasteiger partial charge in [0.25, 0.3) is 0 Å². The number of rotatable bonds is 3. The van der Waals surface area contributed by atoms with Gasteiger partial charge in [0, 0.05) is 5.57 Å². The van der Waals surface area contributed by atoms with Crippen LogP contribution in [0.5, 0.6) is 0 Å². The molecule has 5 aliphatic carbocycles. The first kappa shape index (κ1) is 31.2. The molecule has 0 amide bonds. The highest BCUT2D eigenvalue weighted by Crippen LogP contribution is 2.76. The number of carbonyl (C=O) groups is 1. The summed E-state index contributed by atoms with van der Waals surface area (Å²) in [5.41, 5.74) is -0.456. The Labute approximate surface area is 247 Å². The summed E-state index contributed by atoms with van der Waals surface area (Å²) < 4.78 is 6.31. The highest BCUT2D eigenvalue weighted by Gasteiger charge is 2.73. The van der Waals surface area contributed by atoms with Crippen LogP contribution in [0.1, 0.15) is 107 Å². The summed E-state index contributed by atoms with van der Waals surface area (Å²) in [6.07, 6.45) is 6.77. The van der Waals surface area contributed by atoms with Crippen molar-refractivity contribution in [3.8, 4) is 0 Å². The molecule has 4 fully saturated rings. The number of ether oxygens (including phenoxy) is 1. The number of aliphatic hydroxyl groups excluding tert-OH is 4. The Morgan fingerprint density at radius 3 is 2.24 bits per heavy atom. The molecule has 0 aromatic rings. The Balaban J connectivity index is 1.67. The molecule has 0 aliphatic heterocycles. The molecule has 0 bridgehead atoms. The molecule has 6 heteroatoms. The fraction of sp³-hybridized carbons (Fsp3) is 0.857. The van der Waals surface area contributed by atoms with Gasteiger partial charge in [0.1, 0.15) is 6.10 Å². The molecule has 41 heavy (non-hydrogen) atoms. The summed E-state index contributed by atoms with van der Waals surface area (Å²) in [4.78, 5) is 13.3. The smallest absolute Gasteiger partial charge is 0.333 e. The van der Waals surface area contributed by atoms with Crippen LogP contribution in [0.4, 0.5) is 0 Å². The average Bonchev–Trinajstić information content (AvgIpc) is 2.89. The van der Waals surface area contributed by atoms with E-state index in [9.17, 15) is 25.2 Å². The average molecular weight is 573 g/mol. The Kier molecular flexibility index (Phi) is 7.34. The van der Waals surface area contributed by atoms with E-state index < -0.39 is 35.1 Å². The molecule has 0 aromatic heterocycles. The molecule has 6 nitrogen and oxygen atoms in total. The zero-order valence-electron chi connectivity index (χ0n) is 27.0. The van der Waals surface area contributed by atoms with Crippen LogP contribution in [0.3, 0.4) is 0 Å². The predicted molar refractivity (Wildman–Crippen MR) is 160 cm³/mol. The van der Waals surface area contributed by atoms with Crippen molar-refractivity contribution in [2.75, 3.05) is 6.61 Å². The first-order chi connectivity index (χ1) is 18.9. The molecule has 0 saturated heterocycles. The third-order valence-electron chi connectivity index (χ3n) is 14.4. The van der Waals surface area contributed by atoms with Gasteiger partial charge in [-0.2, -0.15) is 0 Å². The maximum atomic E-state index is 13.3. The fourth-order valence-corrected chi connectivity index (χ4v) is 11.3. The minimum atomic E-state index is -1.23. The fourth-order valence-electron chi connectivity index (χ4n) is 11.3. The predicted octanol–water partition coefficient (Wildman–Crippen LogP) is 5.57. The van der Waals surface area contributed by atoms with Crippen molar-refractivity contribution in [1.82, 2.24) is 0 Å². The molecule has 0 spiro atoms. The molecule has 0 radical (unpaired) electrons. The molecule has 4 saturated carbocycles. The number of fused-ring (bicyclic) bond motifs is 7. The van der Waals surface area contributed by atoms with Gasteiger partial charge in [-0.1, -0.05) is 66.2 Å². The molecule has 5 rings (SSSR count). The van der Waals surface area contributed by atoms with Gasteiger partial charge in [-0.3, -0.25) is 0 Å². The van der Waals surface area contributed by atoms with Gasteiger partial charge in [-0.25, -0.2) is 4.79 Å². The van der Waals surface area contributed by atoms with Gasteiger partial charge in [0.15, 0.2) is 0 Å². The van der Waals surface area contributed by atoms with Gasteiger partial charge in [0.2, 0.25) is 0 Å². The Hall–Kier alpha value is -1.21. The first-order valence-corrected chi connectivity index (χ1v) is 16.1. The Morgan fingerprint density at radius 1 is 0.976 bits per heavy atom. The van der Waals surface area contributed by atoms with Crippen molar-refractivity contribution in [3.63, 3.8) is 0 Å². The topological polar surface area (TPSA) is 107 Å². The summed E-state index contributed by atoms with van der Waals surface area (Å²) in [7, 11) is 0. The highest BCUT2D eigenvalue weighted by atomic mass is 16.5. The van der Waals surface area contributed by atoms with E-state index in [2.05, 4.69) is 40.7 Å². The van der Waals surface area contributed by atoms with Crippen molar-refractivity contribution in [2.45, 2.75) is 132 Å². The van der Waals surface area contributed by atoms with Crippen LogP contribution in [0.15, 0.2) is 23.3 Å². The minimum Gasteiger partial charge on any atom is -0.458 e. The van der Waals surface area contributed by atoms with Crippen LogP contribution in [0, 0.1) is 50.2 Å². The van der Waals surface area contributed by atoms with Gasteiger partial charge >= 0.3 is 5.97 Å². The number of carbonyl (C=O) groups excluding carboxylic acids is 1. The van der Waals surface area contributed by atoms with E-state index in [0.717, 1.165) is 32.1 Å². The molecule has 11 atom stereocenters. The third kappa shape index (κ3) is 3.92. The first-order valence-electron chi connectivity index (χ1n) is 16.1. The lowest BCUT2D eigenvalue weighted by Crippen LogP contribution is -2.72. The lowest BCUT2D eigenvalue weighted by molar-refractivity contribution is -0.261. The van der Waals surface area contributed by atoms with Crippen LogP contribution in [0.2, 0.25) is 0 Å². The largest absolute Gasteiger partial charge is 0.458 e.